The van der Waals surface area contributed by atoms with Crippen molar-refractivity contribution in [3.05, 3.63) is 48.1 Å². The predicted octanol–water partition coefficient (Wildman–Crippen LogP) is 2.08. The largest absolute Gasteiger partial charge is 0.288 e. The molecule has 0 aliphatic carbocycles. The minimum Gasteiger partial charge on any atom is -0.288 e. The van der Waals surface area contributed by atoms with Gasteiger partial charge in [0.05, 0.1) is 5.56 Å². The van der Waals surface area contributed by atoms with Crippen molar-refractivity contribution in [1.82, 2.24) is 14.8 Å². The van der Waals surface area contributed by atoms with Gasteiger partial charge in [0.25, 0.3) is 5.79 Å². The van der Waals surface area contributed by atoms with E-state index in [0.29, 0.717) is 10.7 Å². The van der Waals surface area contributed by atoms with E-state index in [2.05, 4.69) is 10.1 Å². The Bertz CT molecular complexity index is 581. The average Bonchev–Trinajstić information content (AvgIpc) is 2.82. The molecule has 1 unspecified atom stereocenters. The highest BCUT2D eigenvalue weighted by molar-refractivity contribution is 6.00. The van der Waals surface area contributed by atoms with Crippen molar-refractivity contribution < 1.29 is 18.0 Å². The van der Waals surface area contributed by atoms with Crippen molar-refractivity contribution in [1.29, 1.82) is 0 Å². The van der Waals surface area contributed by atoms with Crippen LogP contribution in [-0.2, 0) is 5.79 Å². The molecule has 1 atom stereocenters. The van der Waals surface area contributed by atoms with E-state index in [1.54, 1.807) is 0 Å². The molecule has 0 aliphatic rings. The molecule has 0 spiro atoms. The molecule has 0 amide bonds. The first-order valence-electron chi connectivity index (χ1n) is 4.97. The molecule has 18 heavy (non-hydrogen) atoms. The van der Waals surface area contributed by atoms with Crippen LogP contribution in [0.1, 0.15) is 17.3 Å². The number of aromatic nitrogens is 3. The number of hydrogen-bond donors (Lipinski definition) is 0. The first-order valence-corrected chi connectivity index (χ1v) is 4.97. The maximum absolute atomic E-state index is 14.3. The summed E-state index contributed by atoms with van der Waals surface area (Å²) in [5.74, 6) is -5.71. The smallest absolute Gasteiger partial charge is 0.262 e. The Morgan fingerprint density at radius 2 is 2.11 bits per heavy atom. The highest BCUT2D eigenvalue weighted by Crippen LogP contribution is 2.24. The maximum atomic E-state index is 14.3. The molecule has 0 radical (unpaired) electrons. The van der Waals surface area contributed by atoms with Crippen LogP contribution < -0.4 is 0 Å². The van der Waals surface area contributed by atoms with Gasteiger partial charge in [-0.15, -0.1) is 0 Å². The summed E-state index contributed by atoms with van der Waals surface area (Å²) in [5, 5.41) is 3.49. The van der Waals surface area contributed by atoms with E-state index in [0.717, 1.165) is 31.7 Å². The molecule has 1 heterocycles. The van der Waals surface area contributed by atoms with E-state index in [4.69, 9.17) is 0 Å². The number of Topliss-reactive ketones (excluding diaryl/α,β-unsaturated/α-hetero) is 1. The predicted molar refractivity (Wildman–Crippen MR) is 55.5 cm³/mol. The van der Waals surface area contributed by atoms with E-state index >= 15 is 0 Å². The average molecular weight is 255 g/mol. The fourth-order valence-electron chi connectivity index (χ4n) is 1.45. The van der Waals surface area contributed by atoms with Crippen LogP contribution in [0.25, 0.3) is 0 Å². The zero-order valence-electron chi connectivity index (χ0n) is 9.27. The number of carbonyl (C=O) groups excluding carboxylic acids is 1. The van der Waals surface area contributed by atoms with Gasteiger partial charge in [-0.2, -0.15) is 5.10 Å². The molecule has 1 aromatic heterocycles. The van der Waals surface area contributed by atoms with Crippen LogP contribution in [0.4, 0.5) is 13.2 Å². The number of carbonyl (C=O) groups is 1. The highest BCUT2D eigenvalue weighted by atomic mass is 19.1. The lowest BCUT2D eigenvalue weighted by molar-refractivity contribution is 0.0454. The van der Waals surface area contributed by atoms with E-state index in [1.165, 1.54) is 0 Å². The van der Waals surface area contributed by atoms with Gasteiger partial charge >= 0.3 is 0 Å². The Hall–Kier alpha value is -2.18. The quantitative estimate of drug-likeness (QED) is 0.789. The summed E-state index contributed by atoms with van der Waals surface area (Å²) >= 11 is 0. The van der Waals surface area contributed by atoms with Crippen molar-refractivity contribution in [3.63, 3.8) is 0 Å². The molecule has 2 aromatic rings. The highest BCUT2D eigenvalue weighted by Gasteiger charge is 2.38. The van der Waals surface area contributed by atoms with Crippen LogP contribution in [0.5, 0.6) is 0 Å². The second-order valence-electron chi connectivity index (χ2n) is 3.75. The van der Waals surface area contributed by atoms with Gasteiger partial charge in [-0.05, 0) is 19.1 Å². The summed E-state index contributed by atoms with van der Waals surface area (Å²) in [6.45, 7) is 0.923. The molecule has 0 aliphatic heterocycles. The van der Waals surface area contributed by atoms with Crippen LogP contribution >= 0.6 is 0 Å². The summed E-state index contributed by atoms with van der Waals surface area (Å²) in [7, 11) is 0. The minimum absolute atomic E-state index is 0.519. The normalized spacial score (nSPS) is 14.2. The van der Waals surface area contributed by atoms with Crippen molar-refractivity contribution in [3.8, 4) is 0 Å². The van der Waals surface area contributed by atoms with Gasteiger partial charge in [0.2, 0.25) is 5.78 Å². The zero-order valence-corrected chi connectivity index (χ0v) is 9.27. The van der Waals surface area contributed by atoms with Crippen molar-refractivity contribution in [2.75, 3.05) is 0 Å². The van der Waals surface area contributed by atoms with Gasteiger partial charge in [-0.1, -0.05) is 0 Å². The number of nitrogens with zero attached hydrogens (tertiary/aromatic N) is 3. The number of rotatable bonds is 3. The molecule has 0 fully saturated rings. The van der Waals surface area contributed by atoms with Gasteiger partial charge in [-0.3, -0.25) is 4.79 Å². The summed E-state index contributed by atoms with van der Waals surface area (Å²) in [6, 6.07) is 2.29. The van der Waals surface area contributed by atoms with Crippen LogP contribution in [-0.4, -0.2) is 20.5 Å². The Labute approximate surface area is 100 Å². The summed E-state index contributed by atoms with van der Waals surface area (Å²) < 4.78 is 41.0. The topological polar surface area (TPSA) is 47.8 Å². The second kappa shape index (κ2) is 4.25. The second-order valence-corrected chi connectivity index (χ2v) is 3.75. The van der Waals surface area contributed by atoms with E-state index in [9.17, 15) is 18.0 Å². The standard InChI is InChI=1S/C11H8F3N3O/c1-11(14,17-6-15-5-16-17)10(18)8-3-2-7(12)4-9(8)13/h2-6H,1H3. The van der Waals surface area contributed by atoms with E-state index in [1.807, 2.05) is 0 Å². The Kier molecular flexibility index (Phi) is 2.90. The van der Waals surface area contributed by atoms with E-state index in [-0.39, 0.29) is 0 Å². The number of ketones is 1. The first-order chi connectivity index (χ1) is 8.43. The zero-order chi connectivity index (χ0) is 13.3. The maximum Gasteiger partial charge on any atom is 0.262 e. The third kappa shape index (κ3) is 1.99. The monoisotopic (exact) mass is 255 g/mol. The molecule has 0 N–H and O–H groups in total. The fourth-order valence-corrected chi connectivity index (χ4v) is 1.45. The van der Waals surface area contributed by atoms with Crippen LogP contribution in [0.2, 0.25) is 0 Å². The van der Waals surface area contributed by atoms with Gasteiger partial charge in [0.1, 0.15) is 24.3 Å². The third-order valence-corrected chi connectivity index (χ3v) is 2.44. The van der Waals surface area contributed by atoms with Crippen molar-refractivity contribution in [2.45, 2.75) is 12.7 Å². The lowest BCUT2D eigenvalue weighted by Crippen LogP contribution is -2.35. The molecule has 0 bridgehead atoms. The molecular formula is C11H8F3N3O. The fraction of sp³-hybridized carbons (Fsp3) is 0.182. The lowest BCUT2D eigenvalue weighted by atomic mass is 10.0. The van der Waals surface area contributed by atoms with Gasteiger partial charge in [0, 0.05) is 6.07 Å². The molecule has 0 saturated heterocycles. The summed E-state index contributed by atoms with van der Waals surface area (Å²) in [6.07, 6.45) is 2.05. The van der Waals surface area contributed by atoms with Crippen LogP contribution in [0, 0.1) is 11.6 Å². The Balaban J connectivity index is 2.42. The van der Waals surface area contributed by atoms with Gasteiger partial charge in [0.15, 0.2) is 0 Å². The number of halogens is 3. The molecule has 7 heteroatoms. The molecule has 94 valence electrons. The van der Waals surface area contributed by atoms with Gasteiger partial charge in [-0.25, -0.2) is 22.8 Å². The summed E-state index contributed by atoms with van der Waals surface area (Å²) in [4.78, 5) is 15.4. The number of benzene rings is 1. The SMILES string of the molecule is CC(F)(C(=O)c1ccc(F)cc1F)n1cncn1. The number of alkyl halides is 1. The van der Waals surface area contributed by atoms with Crippen molar-refractivity contribution in [2.24, 2.45) is 0 Å². The summed E-state index contributed by atoms with van der Waals surface area (Å²) in [5.41, 5.74) is -0.545. The number of hydrogen-bond acceptors (Lipinski definition) is 3. The third-order valence-electron chi connectivity index (χ3n) is 2.44. The van der Waals surface area contributed by atoms with Crippen LogP contribution in [0.3, 0.4) is 0 Å². The molecule has 4 nitrogen and oxygen atoms in total. The van der Waals surface area contributed by atoms with Crippen LogP contribution in [0.15, 0.2) is 30.9 Å². The minimum atomic E-state index is -2.59. The Morgan fingerprint density at radius 1 is 1.39 bits per heavy atom. The molecule has 2 rings (SSSR count). The molecule has 1 aromatic carbocycles. The van der Waals surface area contributed by atoms with Gasteiger partial charge < -0.3 is 0 Å². The molecule has 0 saturated carbocycles. The van der Waals surface area contributed by atoms with E-state index < -0.39 is 28.8 Å². The lowest BCUT2D eigenvalue weighted by Gasteiger charge is -2.18. The first kappa shape index (κ1) is 12.3. The Morgan fingerprint density at radius 3 is 2.67 bits per heavy atom. The molecular weight excluding hydrogens is 247 g/mol. The van der Waals surface area contributed by atoms with Crippen molar-refractivity contribution >= 4 is 5.78 Å².